The average Bonchev–Trinajstić information content (AvgIpc) is 3.21. The van der Waals surface area contributed by atoms with Crippen LogP contribution < -0.4 is 14.8 Å². The average molecular weight is 393 g/mol. The minimum Gasteiger partial charge on any atom is -0.497 e. The van der Waals surface area contributed by atoms with E-state index in [2.05, 4.69) is 35.9 Å². The lowest BCUT2D eigenvalue weighted by molar-refractivity contribution is 0.185. The van der Waals surface area contributed by atoms with Gasteiger partial charge in [0.05, 0.1) is 26.9 Å². The van der Waals surface area contributed by atoms with Gasteiger partial charge in [-0.3, -0.25) is 9.89 Å². The van der Waals surface area contributed by atoms with Gasteiger partial charge in [0.15, 0.2) is 5.96 Å². The van der Waals surface area contributed by atoms with Gasteiger partial charge in [0.25, 0.3) is 0 Å². The van der Waals surface area contributed by atoms with Crippen LogP contribution in [0.2, 0.25) is 0 Å². The lowest BCUT2D eigenvalue weighted by Crippen LogP contribution is -2.43. The second kappa shape index (κ2) is 11.1. The molecule has 1 aromatic carbocycles. The van der Waals surface area contributed by atoms with Gasteiger partial charge < -0.3 is 24.8 Å². The summed E-state index contributed by atoms with van der Waals surface area (Å²) in [6.07, 6.45) is 0.417. The standard InChI is InChI=1S/C21H36N4O3/c1-6-22-21(25-10-9-17(15-25)24(7-2)8-3)23-14-20(26)16-11-18(27-4)13-19(12-16)28-5/h11-13,17,20,26H,6-10,14-15H2,1-5H3,(H,22,23). The summed E-state index contributed by atoms with van der Waals surface area (Å²) in [5.74, 6) is 2.18. The van der Waals surface area contributed by atoms with Crippen LogP contribution in [-0.4, -0.2) is 80.4 Å². The zero-order valence-electron chi connectivity index (χ0n) is 17.9. The van der Waals surface area contributed by atoms with Crippen molar-refractivity contribution >= 4 is 5.96 Å². The van der Waals surface area contributed by atoms with Crippen LogP contribution in [0.1, 0.15) is 38.9 Å². The summed E-state index contributed by atoms with van der Waals surface area (Å²) < 4.78 is 10.6. The molecule has 2 atom stereocenters. The molecule has 1 heterocycles. The highest BCUT2D eigenvalue weighted by Gasteiger charge is 2.28. The summed E-state index contributed by atoms with van der Waals surface area (Å²) in [6, 6.07) is 6.00. The molecule has 1 aliphatic heterocycles. The lowest BCUT2D eigenvalue weighted by atomic mass is 10.1. The van der Waals surface area contributed by atoms with Crippen molar-refractivity contribution in [2.45, 2.75) is 39.3 Å². The molecule has 0 aliphatic carbocycles. The molecule has 28 heavy (non-hydrogen) atoms. The second-order valence-electron chi connectivity index (χ2n) is 6.97. The molecule has 0 saturated carbocycles. The molecule has 1 aliphatic rings. The molecule has 1 fully saturated rings. The van der Waals surface area contributed by atoms with Gasteiger partial charge in [0.1, 0.15) is 11.5 Å². The highest BCUT2D eigenvalue weighted by molar-refractivity contribution is 5.80. The van der Waals surface area contributed by atoms with Gasteiger partial charge in [-0.15, -0.1) is 0 Å². The minimum absolute atomic E-state index is 0.283. The van der Waals surface area contributed by atoms with E-state index in [1.54, 1.807) is 20.3 Å². The summed E-state index contributed by atoms with van der Waals surface area (Å²) in [5, 5.41) is 14.0. The summed E-state index contributed by atoms with van der Waals surface area (Å²) in [6.45, 7) is 11.7. The first kappa shape index (κ1) is 22.3. The number of hydrogen-bond acceptors (Lipinski definition) is 5. The molecule has 0 bridgehead atoms. The zero-order valence-corrected chi connectivity index (χ0v) is 17.9. The van der Waals surface area contributed by atoms with Crippen LogP contribution in [0.3, 0.4) is 0 Å². The van der Waals surface area contributed by atoms with Crippen LogP contribution in [0.15, 0.2) is 23.2 Å². The SMILES string of the molecule is CCNC(=NCC(O)c1cc(OC)cc(OC)c1)N1CCC(N(CC)CC)C1. The summed E-state index contributed by atoms with van der Waals surface area (Å²) >= 11 is 0. The molecule has 0 spiro atoms. The number of aliphatic hydroxyl groups is 1. The molecular weight excluding hydrogens is 356 g/mol. The normalized spacial score (nSPS) is 18.5. The van der Waals surface area contributed by atoms with Crippen molar-refractivity contribution in [1.82, 2.24) is 15.1 Å². The number of benzene rings is 1. The Kier molecular flexibility index (Phi) is 8.86. The van der Waals surface area contributed by atoms with Gasteiger partial charge in [0, 0.05) is 31.7 Å². The third-order valence-corrected chi connectivity index (χ3v) is 5.30. The van der Waals surface area contributed by atoms with Crippen molar-refractivity contribution in [3.8, 4) is 11.5 Å². The van der Waals surface area contributed by atoms with E-state index in [0.29, 0.717) is 17.5 Å². The third kappa shape index (κ3) is 5.75. The van der Waals surface area contributed by atoms with Crippen molar-refractivity contribution < 1.29 is 14.6 Å². The highest BCUT2D eigenvalue weighted by Crippen LogP contribution is 2.26. The van der Waals surface area contributed by atoms with Gasteiger partial charge in [-0.05, 0) is 44.1 Å². The molecule has 7 nitrogen and oxygen atoms in total. The fraction of sp³-hybridized carbons (Fsp3) is 0.667. The second-order valence-corrected chi connectivity index (χ2v) is 6.97. The molecule has 0 radical (unpaired) electrons. The predicted octanol–water partition coefficient (Wildman–Crippen LogP) is 2.12. The number of nitrogens with one attached hydrogen (secondary N) is 1. The number of rotatable bonds is 9. The fourth-order valence-corrected chi connectivity index (χ4v) is 3.70. The molecule has 7 heteroatoms. The lowest BCUT2D eigenvalue weighted by Gasteiger charge is -2.27. The molecular formula is C21H36N4O3. The van der Waals surface area contributed by atoms with Gasteiger partial charge in [-0.25, -0.2) is 0 Å². The van der Waals surface area contributed by atoms with E-state index in [1.807, 2.05) is 12.1 Å². The van der Waals surface area contributed by atoms with Gasteiger partial charge >= 0.3 is 0 Å². The Morgan fingerprint density at radius 2 is 1.86 bits per heavy atom. The van der Waals surface area contributed by atoms with Crippen molar-refractivity contribution in [2.24, 2.45) is 4.99 Å². The smallest absolute Gasteiger partial charge is 0.194 e. The number of nitrogens with zero attached hydrogens (tertiary/aromatic N) is 3. The van der Waals surface area contributed by atoms with Crippen LogP contribution in [0.25, 0.3) is 0 Å². The molecule has 0 aromatic heterocycles. The van der Waals surface area contributed by atoms with E-state index in [0.717, 1.165) is 50.7 Å². The van der Waals surface area contributed by atoms with Crippen LogP contribution in [-0.2, 0) is 0 Å². The quantitative estimate of drug-likeness (QED) is 0.496. The Balaban J connectivity index is 2.08. The van der Waals surface area contributed by atoms with Crippen LogP contribution in [0.4, 0.5) is 0 Å². The Morgan fingerprint density at radius 1 is 1.21 bits per heavy atom. The molecule has 2 N–H and O–H groups in total. The van der Waals surface area contributed by atoms with Gasteiger partial charge in [-0.1, -0.05) is 13.8 Å². The Labute approximate surface area is 169 Å². The number of likely N-dealkylation sites (tertiary alicyclic amines) is 1. The molecule has 1 saturated heterocycles. The molecule has 2 rings (SSSR count). The highest BCUT2D eigenvalue weighted by atomic mass is 16.5. The first-order valence-electron chi connectivity index (χ1n) is 10.2. The number of guanidine groups is 1. The number of methoxy groups -OCH3 is 2. The number of hydrogen-bond donors (Lipinski definition) is 2. The maximum absolute atomic E-state index is 10.7. The van der Waals surface area contributed by atoms with Gasteiger partial charge in [-0.2, -0.15) is 0 Å². The van der Waals surface area contributed by atoms with Crippen LogP contribution in [0, 0.1) is 0 Å². The van der Waals surface area contributed by atoms with E-state index in [4.69, 9.17) is 14.5 Å². The van der Waals surface area contributed by atoms with E-state index < -0.39 is 6.10 Å². The number of likely N-dealkylation sites (N-methyl/N-ethyl adjacent to an activating group) is 1. The first-order valence-corrected chi connectivity index (χ1v) is 10.2. The van der Waals surface area contributed by atoms with E-state index in [9.17, 15) is 5.11 Å². The van der Waals surface area contributed by atoms with Crippen molar-refractivity contribution in [2.75, 3.05) is 53.5 Å². The monoisotopic (exact) mass is 392 g/mol. The van der Waals surface area contributed by atoms with E-state index in [1.165, 1.54) is 0 Å². The maximum atomic E-state index is 10.7. The topological polar surface area (TPSA) is 69.6 Å². The van der Waals surface area contributed by atoms with Gasteiger partial charge in [0.2, 0.25) is 0 Å². The van der Waals surface area contributed by atoms with E-state index >= 15 is 0 Å². The van der Waals surface area contributed by atoms with Crippen molar-refractivity contribution in [1.29, 1.82) is 0 Å². The summed E-state index contributed by atoms with van der Waals surface area (Å²) in [4.78, 5) is 9.51. The minimum atomic E-state index is -0.723. The van der Waals surface area contributed by atoms with Crippen LogP contribution >= 0.6 is 0 Å². The summed E-state index contributed by atoms with van der Waals surface area (Å²) in [5.41, 5.74) is 0.734. The predicted molar refractivity (Wildman–Crippen MR) is 113 cm³/mol. The Hall–Kier alpha value is -1.99. The van der Waals surface area contributed by atoms with Crippen molar-refractivity contribution in [3.05, 3.63) is 23.8 Å². The number of aliphatic hydroxyl groups excluding tert-OH is 1. The third-order valence-electron chi connectivity index (χ3n) is 5.30. The summed E-state index contributed by atoms with van der Waals surface area (Å²) in [7, 11) is 3.21. The molecule has 158 valence electrons. The van der Waals surface area contributed by atoms with Crippen molar-refractivity contribution in [3.63, 3.8) is 0 Å². The maximum Gasteiger partial charge on any atom is 0.194 e. The number of ether oxygens (including phenoxy) is 2. The first-order chi connectivity index (χ1) is 13.6. The van der Waals surface area contributed by atoms with E-state index in [-0.39, 0.29) is 6.54 Å². The Morgan fingerprint density at radius 3 is 2.39 bits per heavy atom. The molecule has 1 aromatic rings. The number of aliphatic imine (C=N–C) groups is 1. The largest absolute Gasteiger partial charge is 0.497 e. The molecule has 2 unspecified atom stereocenters. The Bertz CT molecular complexity index is 612. The molecule has 0 amide bonds. The zero-order chi connectivity index (χ0) is 20.5. The fourth-order valence-electron chi connectivity index (χ4n) is 3.70. The van der Waals surface area contributed by atoms with Crippen LogP contribution in [0.5, 0.6) is 11.5 Å².